The van der Waals surface area contributed by atoms with Gasteiger partial charge in [0.15, 0.2) is 0 Å². The predicted octanol–water partition coefficient (Wildman–Crippen LogP) is 4.27. The van der Waals surface area contributed by atoms with Gasteiger partial charge in [-0.3, -0.25) is 13.9 Å². The minimum Gasteiger partial charge on any atom is -0.355 e. The van der Waals surface area contributed by atoms with Crippen molar-refractivity contribution in [2.45, 2.75) is 46.2 Å². The number of anilines is 1. The highest BCUT2D eigenvalue weighted by molar-refractivity contribution is 7.92. The molecule has 34 heavy (non-hydrogen) atoms. The van der Waals surface area contributed by atoms with E-state index in [0.29, 0.717) is 40.7 Å². The van der Waals surface area contributed by atoms with Crippen LogP contribution in [0.4, 0.5) is 5.69 Å². The number of rotatable bonds is 11. The van der Waals surface area contributed by atoms with Crippen LogP contribution in [0.1, 0.15) is 38.3 Å². The lowest BCUT2D eigenvalue weighted by Gasteiger charge is -2.33. The molecule has 186 valence electrons. The SMILES string of the molecule is CCNC(=O)[C@H](CC)N(Cc1ccc(Cl)c(Cl)c1)C(=O)CN(c1ccccc1CC)S(C)(=O)=O. The van der Waals surface area contributed by atoms with Crippen LogP contribution < -0.4 is 9.62 Å². The molecule has 0 unspecified atom stereocenters. The molecule has 2 amide bonds. The molecule has 0 bridgehead atoms. The van der Waals surface area contributed by atoms with Gasteiger partial charge in [0.05, 0.1) is 22.0 Å². The Kier molecular flexibility index (Phi) is 10.2. The molecular weight excluding hydrogens is 497 g/mol. The van der Waals surface area contributed by atoms with Crippen molar-refractivity contribution in [1.82, 2.24) is 10.2 Å². The van der Waals surface area contributed by atoms with Crippen LogP contribution in [0.2, 0.25) is 10.0 Å². The highest BCUT2D eigenvalue weighted by atomic mass is 35.5. The van der Waals surface area contributed by atoms with E-state index in [1.165, 1.54) is 4.90 Å². The number of likely N-dealkylation sites (N-methyl/N-ethyl adjacent to an activating group) is 1. The van der Waals surface area contributed by atoms with Crippen molar-refractivity contribution in [3.05, 3.63) is 63.6 Å². The number of nitrogens with zero attached hydrogens (tertiary/aromatic N) is 2. The first-order valence-electron chi connectivity index (χ1n) is 11.1. The fraction of sp³-hybridized carbons (Fsp3) is 0.417. The van der Waals surface area contributed by atoms with Crippen molar-refractivity contribution < 1.29 is 18.0 Å². The molecule has 0 aliphatic rings. The summed E-state index contributed by atoms with van der Waals surface area (Å²) in [5.41, 5.74) is 1.92. The monoisotopic (exact) mass is 527 g/mol. The van der Waals surface area contributed by atoms with Gasteiger partial charge in [-0.2, -0.15) is 0 Å². The lowest BCUT2D eigenvalue weighted by molar-refractivity contribution is -0.140. The summed E-state index contributed by atoms with van der Waals surface area (Å²) in [6.07, 6.45) is 2.01. The molecule has 2 aromatic carbocycles. The quantitative estimate of drug-likeness (QED) is 0.472. The average molecular weight is 529 g/mol. The van der Waals surface area contributed by atoms with Crippen LogP contribution >= 0.6 is 23.2 Å². The molecule has 0 aromatic heterocycles. The van der Waals surface area contributed by atoms with E-state index in [1.54, 1.807) is 44.2 Å². The van der Waals surface area contributed by atoms with E-state index in [1.807, 2.05) is 19.1 Å². The van der Waals surface area contributed by atoms with E-state index >= 15 is 0 Å². The van der Waals surface area contributed by atoms with Crippen LogP contribution in [0.25, 0.3) is 0 Å². The Morgan fingerprint density at radius 2 is 1.71 bits per heavy atom. The zero-order chi connectivity index (χ0) is 25.5. The summed E-state index contributed by atoms with van der Waals surface area (Å²) in [5, 5.41) is 3.46. The zero-order valence-corrected chi connectivity index (χ0v) is 22.2. The van der Waals surface area contributed by atoms with Crippen LogP contribution in [0.5, 0.6) is 0 Å². The summed E-state index contributed by atoms with van der Waals surface area (Å²) in [6.45, 7) is 5.55. The summed E-state index contributed by atoms with van der Waals surface area (Å²) < 4.78 is 26.5. The smallest absolute Gasteiger partial charge is 0.244 e. The zero-order valence-electron chi connectivity index (χ0n) is 19.8. The van der Waals surface area contributed by atoms with E-state index in [2.05, 4.69) is 5.32 Å². The Morgan fingerprint density at radius 1 is 1.03 bits per heavy atom. The van der Waals surface area contributed by atoms with Gasteiger partial charge in [0.1, 0.15) is 12.6 Å². The van der Waals surface area contributed by atoms with E-state index in [9.17, 15) is 18.0 Å². The number of carbonyl (C=O) groups is 2. The summed E-state index contributed by atoms with van der Waals surface area (Å²) in [5.74, 6) is -0.807. The van der Waals surface area contributed by atoms with Crippen LogP contribution in [-0.4, -0.2) is 50.5 Å². The second-order valence-corrected chi connectivity index (χ2v) is 10.6. The van der Waals surface area contributed by atoms with Crippen molar-refractivity contribution in [2.75, 3.05) is 23.7 Å². The Labute approximate surface area is 212 Å². The van der Waals surface area contributed by atoms with Gasteiger partial charge in [-0.1, -0.05) is 61.3 Å². The van der Waals surface area contributed by atoms with Gasteiger partial charge in [-0.25, -0.2) is 8.42 Å². The van der Waals surface area contributed by atoms with Crippen molar-refractivity contribution in [2.24, 2.45) is 0 Å². The van der Waals surface area contributed by atoms with Gasteiger partial charge in [0.2, 0.25) is 21.8 Å². The molecule has 0 radical (unpaired) electrons. The highest BCUT2D eigenvalue weighted by Gasteiger charge is 2.32. The number of sulfonamides is 1. The maximum Gasteiger partial charge on any atom is 0.244 e. The van der Waals surface area contributed by atoms with Gasteiger partial charge in [-0.15, -0.1) is 0 Å². The molecule has 10 heteroatoms. The van der Waals surface area contributed by atoms with Gasteiger partial charge in [-0.05, 0) is 49.1 Å². The molecule has 0 aliphatic heterocycles. The lowest BCUT2D eigenvalue weighted by atomic mass is 10.1. The number of carbonyl (C=O) groups excluding carboxylic acids is 2. The van der Waals surface area contributed by atoms with E-state index in [0.717, 1.165) is 16.1 Å². The second kappa shape index (κ2) is 12.4. The number of para-hydroxylation sites is 1. The molecule has 7 nitrogen and oxygen atoms in total. The van der Waals surface area contributed by atoms with Gasteiger partial charge < -0.3 is 10.2 Å². The topological polar surface area (TPSA) is 86.8 Å². The Hall–Kier alpha value is -2.29. The number of benzene rings is 2. The minimum atomic E-state index is -3.78. The second-order valence-electron chi connectivity index (χ2n) is 7.84. The molecule has 1 N–H and O–H groups in total. The van der Waals surface area contributed by atoms with Gasteiger partial charge >= 0.3 is 0 Å². The van der Waals surface area contributed by atoms with Crippen LogP contribution in [0, 0.1) is 0 Å². The van der Waals surface area contributed by atoms with Crippen molar-refractivity contribution in [3.8, 4) is 0 Å². The summed E-state index contributed by atoms with van der Waals surface area (Å²) >= 11 is 12.2. The average Bonchev–Trinajstić information content (AvgIpc) is 2.79. The van der Waals surface area contributed by atoms with Gasteiger partial charge in [0.25, 0.3) is 0 Å². The van der Waals surface area contributed by atoms with E-state index < -0.39 is 28.5 Å². The van der Waals surface area contributed by atoms with E-state index in [4.69, 9.17) is 23.2 Å². The summed E-state index contributed by atoms with van der Waals surface area (Å²) in [6, 6.07) is 11.2. The molecule has 0 aliphatic carbocycles. The number of halogens is 2. The Bertz CT molecular complexity index is 1120. The van der Waals surface area contributed by atoms with Crippen LogP contribution in [0.3, 0.4) is 0 Å². The minimum absolute atomic E-state index is 0.0678. The van der Waals surface area contributed by atoms with E-state index in [-0.39, 0.29) is 12.5 Å². The van der Waals surface area contributed by atoms with Gasteiger partial charge in [0, 0.05) is 13.1 Å². The summed E-state index contributed by atoms with van der Waals surface area (Å²) in [4.78, 5) is 27.8. The number of hydrogen-bond donors (Lipinski definition) is 1. The third-order valence-electron chi connectivity index (χ3n) is 5.39. The number of aryl methyl sites for hydroxylation is 1. The third kappa shape index (κ3) is 7.10. The Morgan fingerprint density at radius 3 is 2.26 bits per heavy atom. The van der Waals surface area contributed by atoms with Crippen molar-refractivity contribution in [3.63, 3.8) is 0 Å². The first kappa shape index (κ1) is 28.0. The highest BCUT2D eigenvalue weighted by Crippen LogP contribution is 2.26. The fourth-order valence-corrected chi connectivity index (χ4v) is 4.90. The molecule has 1 atom stereocenters. The molecule has 0 spiro atoms. The molecule has 0 saturated heterocycles. The fourth-order valence-electron chi connectivity index (χ4n) is 3.69. The predicted molar refractivity (Wildman–Crippen MR) is 138 cm³/mol. The van der Waals surface area contributed by atoms with Crippen LogP contribution in [0.15, 0.2) is 42.5 Å². The van der Waals surface area contributed by atoms with Crippen LogP contribution in [-0.2, 0) is 32.6 Å². The maximum atomic E-state index is 13.6. The number of amides is 2. The Balaban J connectivity index is 2.49. The molecule has 0 heterocycles. The molecule has 0 fully saturated rings. The molecule has 2 rings (SSSR count). The standard InChI is InChI=1S/C24H31Cl2N3O4S/c1-5-18-10-8-9-11-22(18)29(34(4,32)33)16-23(30)28(21(6-2)24(31)27-7-3)15-17-12-13-19(25)20(26)14-17/h8-14,21H,5-7,15-16H2,1-4H3,(H,27,31)/t21-/m0/s1. The maximum absolute atomic E-state index is 13.6. The molecular formula is C24H31Cl2N3O4S. The lowest BCUT2D eigenvalue weighted by Crippen LogP contribution is -2.52. The summed E-state index contributed by atoms with van der Waals surface area (Å²) in [7, 11) is -3.78. The third-order valence-corrected chi connectivity index (χ3v) is 7.26. The van der Waals surface area contributed by atoms with Crippen molar-refractivity contribution >= 4 is 50.7 Å². The van der Waals surface area contributed by atoms with Crippen molar-refractivity contribution in [1.29, 1.82) is 0 Å². The first-order valence-corrected chi connectivity index (χ1v) is 13.7. The molecule has 0 saturated carbocycles. The number of nitrogens with one attached hydrogen (secondary N) is 1. The largest absolute Gasteiger partial charge is 0.355 e. The number of hydrogen-bond acceptors (Lipinski definition) is 4. The normalized spacial score (nSPS) is 12.2. The molecule has 2 aromatic rings. The first-order chi connectivity index (χ1) is 16.0.